The Morgan fingerprint density at radius 2 is 2.29 bits per heavy atom. The zero-order chi connectivity index (χ0) is 12.4. The molecule has 0 unspecified atom stereocenters. The van der Waals surface area contributed by atoms with E-state index < -0.39 is 0 Å². The van der Waals surface area contributed by atoms with E-state index in [-0.39, 0.29) is 5.97 Å². The second-order valence-corrected chi connectivity index (χ2v) is 3.72. The first-order chi connectivity index (χ1) is 8.17. The number of fused-ring (bicyclic) bond motifs is 1. The molecule has 0 spiro atoms. The van der Waals surface area contributed by atoms with Crippen LogP contribution in [0.1, 0.15) is 28.5 Å². The highest BCUT2D eigenvalue weighted by Gasteiger charge is 2.17. The van der Waals surface area contributed by atoms with Gasteiger partial charge in [-0.05, 0) is 32.0 Å². The SMILES string of the molecule is CCOC(=O)c1c(C)[nH]c2ccc(C#N)cc12. The summed E-state index contributed by atoms with van der Waals surface area (Å²) < 4.78 is 5.01. The van der Waals surface area contributed by atoms with Gasteiger partial charge in [-0.15, -0.1) is 0 Å². The zero-order valence-electron chi connectivity index (χ0n) is 9.70. The highest BCUT2D eigenvalue weighted by Crippen LogP contribution is 2.24. The van der Waals surface area contributed by atoms with Crippen LogP contribution in [0.3, 0.4) is 0 Å². The summed E-state index contributed by atoms with van der Waals surface area (Å²) in [6, 6.07) is 7.27. The number of hydrogen-bond donors (Lipinski definition) is 1. The van der Waals surface area contributed by atoms with E-state index in [2.05, 4.69) is 11.1 Å². The van der Waals surface area contributed by atoms with Crippen LogP contribution in [0.25, 0.3) is 10.9 Å². The monoisotopic (exact) mass is 228 g/mol. The van der Waals surface area contributed by atoms with E-state index in [1.54, 1.807) is 25.1 Å². The van der Waals surface area contributed by atoms with E-state index >= 15 is 0 Å². The number of nitrogens with zero attached hydrogens (tertiary/aromatic N) is 1. The predicted octanol–water partition coefficient (Wildman–Crippen LogP) is 2.52. The first-order valence-corrected chi connectivity index (χ1v) is 5.37. The minimum atomic E-state index is -0.355. The van der Waals surface area contributed by atoms with Crippen molar-refractivity contribution < 1.29 is 9.53 Å². The number of esters is 1. The van der Waals surface area contributed by atoms with Crippen LogP contribution in [0.4, 0.5) is 0 Å². The van der Waals surface area contributed by atoms with Crippen molar-refractivity contribution in [3.63, 3.8) is 0 Å². The van der Waals surface area contributed by atoms with Gasteiger partial charge in [0.2, 0.25) is 0 Å². The third-order valence-electron chi connectivity index (χ3n) is 2.59. The van der Waals surface area contributed by atoms with Gasteiger partial charge < -0.3 is 9.72 Å². The molecule has 1 aromatic carbocycles. The molecule has 4 nitrogen and oxygen atoms in total. The third-order valence-corrected chi connectivity index (χ3v) is 2.59. The molecule has 2 aromatic rings. The van der Waals surface area contributed by atoms with E-state index in [4.69, 9.17) is 10.00 Å². The van der Waals surface area contributed by atoms with E-state index in [0.29, 0.717) is 17.7 Å². The average Bonchev–Trinajstić information content (AvgIpc) is 2.64. The van der Waals surface area contributed by atoms with Crippen LogP contribution < -0.4 is 0 Å². The molecule has 0 amide bonds. The Balaban J connectivity index is 2.65. The molecule has 4 heteroatoms. The molecule has 0 bridgehead atoms. The quantitative estimate of drug-likeness (QED) is 0.803. The smallest absolute Gasteiger partial charge is 0.340 e. The standard InChI is InChI=1S/C13H12N2O2/c1-3-17-13(16)12-8(2)15-11-5-4-9(7-14)6-10(11)12/h4-6,15H,3H2,1-2H3. The maximum absolute atomic E-state index is 11.8. The molecule has 0 atom stereocenters. The first kappa shape index (κ1) is 11.2. The summed E-state index contributed by atoms with van der Waals surface area (Å²) >= 11 is 0. The number of ether oxygens (including phenoxy) is 1. The van der Waals surface area contributed by atoms with Crippen LogP contribution in [-0.4, -0.2) is 17.6 Å². The molecule has 0 saturated heterocycles. The number of aromatic nitrogens is 1. The number of nitrogens with one attached hydrogen (secondary N) is 1. The van der Waals surface area contributed by atoms with Crippen molar-refractivity contribution in [3.8, 4) is 6.07 Å². The van der Waals surface area contributed by atoms with Crippen molar-refractivity contribution >= 4 is 16.9 Å². The van der Waals surface area contributed by atoms with Crippen molar-refractivity contribution in [2.45, 2.75) is 13.8 Å². The fourth-order valence-electron chi connectivity index (χ4n) is 1.86. The molecule has 2 rings (SSSR count). The summed E-state index contributed by atoms with van der Waals surface area (Å²) in [7, 11) is 0. The predicted molar refractivity (Wildman–Crippen MR) is 63.7 cm³/mol. The fraction of sp³-hybridized carbons (Fsp3) is 0.231. The van der Waals surface area contributed by atoms with Gasteiger partial charge in [-0.3, -0.25) is 0 Å². The summed E-state index contributed by atoms with van der Waals surface area (Å²) in [6.45, 7) is 3.92. The minimum Gasteiger partial charge on any atom is -0.462 e. The highest BCUT2D eigenvalue weighted by atomic mass is 16.5. The van der Waals surface area contributed by atoms with Gasteiger partial charge in [-0.25, -0.2) is 4.79 Å². The molecule has 0 aliphatic heterocycles. The highest BCUT2D eigenvalue weighted by molar-refractivity contribution is 6.05. The fourth-order valence-corrected chi connectivity index (χ4v) is 1.86. The molecule has 0 radical (unpaired) electrons. The Kier molecular flexibility index (Phi) is 2.84. The van der Waals surface area contributed by atoms with Gasteiger partial charge in [-0.2, -0.15) is 5.26 Å². The van der Waals surface area contributed by atoms with Crippen LogP contribution in [-0.2, 0) is 4.74 Å². The van der Waals surface area contributed by atoms with Crippen molar-refractivity contribution in [1.82, 2.24) is 4.98 Å². The van der Waals surface area contributed by atoms with Crippen molar-refractivity contribution in [2.75, 3.05) is 6.61 Å². The Morgan fingerprint density at radius 1 is 1.53 bits per heavy atom. The Hall–Kier alpha value is -2.28. The zero-order valence-corrected chi connectivity index (χ0v) is 9.70. The van der Waals surface area contributed by atoms with Crippen LogP contribution in [0.5, 0.6) is 0 Å². The van der Waals surface area contributed by atoms with Gasteiger partial charge in [0.15, 0.2) is 0 Å². The second kappa shape index (κ2) is 4.30. The van der Waals surface area contributed by atoms with Crippen LogP contribution >= 0.6 is 0 Å². The lowest BCUT2D eigenvalue weighted by molar-refractivity contribution is 0.0528. The maximum atomic E-state index is 11.8. The molecule has 1 N–H and O–H groups in total. The Bertz CT molecular complexity index is 620. The molecule has 0 fully saturated rings. The molecule has 86 valence electrons. The number of aryl methyl sites for hydroxylation is 1. The molecule has 1 heterocycles. The lowest BCUT2D eigenvalue weighted by Crippen LogP contribution is -2.05. The van der Waals surface area contributed by atoms with Crippen molar-refractivity contribution in [2.24, 2.45) is 0 Å². The molecular formula is C13H12N2O2. The molecule has 0 saturated carbocycles. The Morgan fingerprint density at radius 3 is 2.94 bits per heavy atom. The summed E-state index contributed by atoms with van der Waals surface area (Å²) in [5, 5.41) is 9.60. The van der Waals surface area contributed by atoms with E-state index in [1.807, 2.05) is 6.92 Å². The first-order valence-electron chi connectivity index (χ1n) is 5.37. The van der Waals surface area contributed by atoms with Gasteiger partial charge >= 0.3 is 5.97 Å². The van der Waals surface area contributed by atoms with Crippen LogP contribution in [0.2, 0.25) is 0 Å². The van der Waals surface area contributed by atoms with Crippen molar-refractivity contribution in [3.05, 3.63) is 35.0 Å². The third kappa shape index (κ3) is 1.87. The maximum Gasteiger partial charge on any atom is 0.340 e. The number of rotatable bonds is 2. The lowest BCUT2D eigenvalue weighted by Gasteiger charge is -2.01. The lowest BCUT2D eigenvalue weighted by atomic mass is 10.1. The molecule has 17 heavy (non-hydrogen) atoms. The van der Waals surface area contributed by atoms with Crippen LogP contribution in [0.15, 0.2) is 18.2 Å². The minimum absolute atomic E-state index is 0.336. The number of aromatic amines is 1. The van der Waals surface area contributed by atoms with E-state index in [0.717, 1.165) is 16.6 Å². The number of hydrogen-bond acceptors (Lipinski definition) is 3. The summed E-state index contributed by atoms with van der Waals surface area (Å²) in [6.07, 6.45) is 0. The number of carbonyl (C=O) groups excluding carboxylic acids is 1. The number of carbonyl (C=O) groups is 1. The van der Waals surface area contributed by atoms with Gasteiger partial charge in [0.05, 0.1) is 23.8 Å². The Labute approximate surface area is 98.8 Å². The number of H-pyrrole nitrogens is 1. The van der Waals surface area contributed by atoms with Crippen molar-refractivity contribution in [1.29, 1.82) is 5.26 Å². The second-order valence-electron chi connectivity index (χ2n) is 3.72. The van der Waals surface area contributed by atoms with E-state index in [9.17, 15) is 4.79 Å². The topological polar surface area (TPSA) is 65.9 Å². The summed E-state index contributed by atoms with van der Waals surface area (Å²) in [5.74, 6) is -0.355. The summed E-state index contributed by atoms with van der Waals surface area (Å²) in [4.78, 5) is 14.9. The van der Waals surface area contributed by atoms with Gasteiger partial charge in [0, 0.05) is 16.6 Å². The number of benzene rings is 1. The molecule has 0 aliphatic rings. The summed E-state index contributed by atoms with van der Waals surface area (Å²) in [5.41, 5.74) is 2.64. The average molecular weight is 228 g/mol. The van der Waals surface area contributed by atoms with Gasteiger partial charge in [-0.1, -0.05) is 0 Å². The van der Waals surface area contributed by atoms with Crippen LogP contribution in [0, 0.1) is 18.3 Å². The van der Waals surface area contributed by atoms with Gasteiger partial charge in [0.25, 0.3) is 0 Å². The number of nitriles is 1. The largest absolute Gasteiger partial charge is 0.462 e. The molecule has 0 aliphatic carbocycles. The normalized spacial score (nSPS) is 10.2. The van der Waals surface area contributed by atoms with Gasteiger partial charge in [0.1, 0.15) is 0 Å². The molecular weight excluding hydrogens is 216 g/mol. The molecule has 1 aromatic heterocycles. The van der Waals surface area contributed by atoms with E-state index in [1.165, 1.54) is 0 Å².